The van der Waals surface area contributed by atoms with Gasteiger partial charge in [0.15, 0.2) is 0 Å². The van der Waals surface area contributed by atoms with Gasteiger partial charge in [0, 0.05) is 12.0 Å². The van der Waals surface area contributed by atoms with Crippen LogP contribution in [0.3, 0.4) is 0 Å². The van der Waals surface area contributed by atoms with Gasteiger partial charge in [-0.05, 0) is 37.5 Å². The molecule has 0 aliphatic carbocycles. The van der Waals surface area contributed by atoms with Crippen LogP contribution < -0.4 is 9.47 Å². The van der Waals surface area contributed by atoms with E-state index in [-0.39, 0.29) is 18.1 Å². The van der Waals surface area contributed by atoms with Gasteiger partial charge in [-0.15, -0.1) is 0 Å². The second-order valence-electron chi connectivity index (χ2n) is 5.57. The molecule has 4 nitrogen and oxygen atoms in total. The number of hydrogen-bond acceptors (Lipinski definition) is 4. The van der Waals surface area contributed by atoms with E-state index in [0.717, 1.165) is 5.56 Å². The highest BCUT2D eigenvalue weighted by atomic mass is 16.5. The van der Waals surface area contributed by atoms with Crippen LogP contribution in [0.2, 0.25) is 0 Å². The maximum atomic E-state index is 10.7. The fourth-order valence-corrected chi connectivity index (χ4v) is 3.06. The maximum absolute atomic E-state index is 10.7. The Morgan fingerprint density at radius 3 is 1.95 bits per heavy atom. The van der Waals surface area contributed by atoms with Crippen molar-refractivity contribution in [1.82, 2.24) is 0 Å². The minimum atomic E-state index is -0.589. The summed E-state index contributed by atoms with van der Waals surface area (Å²) in [5.74, 6) is 1.75. The largest absolute Gasteiger partial charge is 0.497 e. The molecule has 1 heterocycles. The van der Waals surface area contributed by atoms with Crippen molar-refractivity contribution in [3.8, 4) is 11.5 Å². The lowest BCUT2D eigenvalue weighted by Gasteiger charge is -2.25. The molecular formula is C16H24O4. The number of rotatable bonds is 4. The molecule has 2 rings (SSSR count). The van der Waals surface area contributed by atoms with Gasteiger partial charge in [0.1, 0.15) is 11.5 Å². The van der Waals surface area contributed by atoms with Crippen molar-refractivity contribution in [2.24, 2.45) is 11.8 Å². The molecule has 112 valence electrons. The van der Waals surface area contributed by atoms with Crippen molar-refractivity contribution >= 4 is 0 Å². The molecule has 5 unspecified atom stereocenters. The SMILES string of the molecule is COc1cc(OC)cc(C(O)C2C(C)OC(C)C2C)c1. The number of ether oxygens (including phenoxy) is 3. The lowest BCUT2D eigenvalue weighted by Crippen LogP contribution is -2.25. The first-order chi connectivity index (χ1) is 9.47. The number of hydrogen-bond donors (Lipinski definition) is 1. The molecule has 1 N–H and O–H groups in total. The van der Waals surface area contributed by atoms with Gasteiger partial charge in [-0.25, -0.2) is 0 Å². The summed E-state index contributed by atoms with van der Waals surface area (Å²) in [6.07, 6.45) is -0.390. The van der Waals surface area contributed by atoms with Gasteiger partial charge in [-0.3, -0.25) is 0 Å². The molecule has 5 atom stereocenters. The van der Waals surface area contributed by atoms with E-state index >= 15 is 0 Å². The normalized spacial score (nSPS) is 31.1. The first kappa shape index (κ1) is 15.1. The zero-order valence-electron chi connectivity index (χ0n) is 12.8. The van der Waals surface area contributed by atoms with E-state index in [1.165, 1.54) is 0 Å². The van der Waals surface area contributed by atoms with E-state index in [4.69, 9.17) is 14.2 Å². The predicted molar refractivity (Wildman–Crippen MR) is 77.2 cm³/mol. The molecule has 4 heteroatoms. The van der Waals surface area contributed by atoms with Gasteiger partial charge in [-0.1, -0.05) is 6.92 Å². The van der Waals surface area contributed by atoms with E-state index in [2.05, 4.69) is 13.8 Å². The van der Waals surface area contributed by atoms with Crippen LogP contribution in [0.25, 0.3) is 0 Å². The Hall–Kier alpha value is -1.26. The van der Waals surface area contributed by atoms with Gasteiger partial charge in [0.25, 0.3) is 0 Å². The number of benzene rings is 1. The van der Waals surface area contributed by atoms with Crippen molar-refractivity contribution < 1.29 is 19.3 Å². The Bertz CT molecular complexity index is 438. The summed E-state index contributed by atoms with van der Waals surface area (Å²) < 4.78 is 16.3. The monoisotopic (exact) mass is 280 g/mol. The van der Waals surface area contributed by atoms with E-state index < -0.39 is 6.10 Å². The summed E-state index contributed by atoms with van der Waals surface area (Å²) >= 11 is 0. The van der Waals surface area contributed by atoms with Crippen molar-refractivity contribution in [3.63, 3.8) is 0 Å². The molecule has 0 saturated carbocycles. The van der Waals surface area contributed by atoms with E-state index in [0.29, 0.717) is 17.4 Å². The predicted octanol–water partition coefficient (Wildman–Crippen LogP) is 2.80. The Morgan fingerprint density at radius 2 is 1.55 bits per heavy atom. The molecule has 1 aromatic carbocycles. The molecule has 0 bridgehead atoms. The average molecular weight is 280 g/mol. The first-order valence-electron chi connectivity index (χ1n) is 7.04. The molecule has 0 radical (unpaired) electrons. The zero-order chi connectivity index (χ0) is 14.9. The Morgan fingerprint density at radius 1 is 1.00 bits per heavy atom. The van der Waals surface area contributed by atoms with Gasteiger partial charge >= 0.3 is 0 Å². The fraction of sp³-hybridized carbons (Fsp3) is 0.625. The molecule has 0 aromatic heterocycles. The lowest BCUT2D eigenvalue weighted by molar-refractivity contribution is 0.0230. The van der Waals surface area contributed by atoms with Gasteiger partial charge < -0.3 is 19.3 Å². The highest BCUT2D eigenvalue weighted by molar-refractivity contribution is 5.39. The van der Waals surface area contributed by atoms with Crippen molar-refractivity contribution in [2.75, 3.05) is 14.2 Å². The van der Waals surface area contributed by atoms with E-state index in [1.807, 2.05) is 19.1 Å². The van der Waals surface area contributed by atoms with Crippen LogP contribution in [-0.4, -0.2) is 31.5 Å². The highest BCUT2D eigenvalue weighted by Crippen LogP contribution is 2.41. The van der Waals surface area contributed by atoms with E-state index in [1.54, 1.807) is 20.3 Å². The Labute approximate surface area is 120 Å². The molecule has 1 aliphatic heterocycles. The molecule has 1 saturated heterocycles. The summed E-state index contributed by atoms with van der Waals surface area (Å²) in [4.78, 5) is 0. The van der Waals surface area contributed by atoms with Crippen LogP contribution in [0.5, 0.6) is 11.5 Å². The Balaban J connectivity index is 2.30. The van der Waals surface area contributed by atoms with Crippen LogP contribution in [0.15, 0.2) is 18.2 Å². The minimum absolute atomic E-state index is 0.0344. The van der Waals surface area contributed by atoms with E-state index in [9.17, 15) is 5.11 Å². The average Bonchev–Trinajstić information content (AvgIpc) is 2.70. The van der Waals surface area contributed by atoms with Gasteiger partial charge in [-0.2, -0.15) is 0 Å². The topological polar surface area (TPSA) is 47.9 Å². The van der Waals surface area contributed by atoms with Crippen molar-refractivity contribution in [2.45, 2.75) is 39.1 Å². The third kappa shape index (κ3) is 2.76. The summed E-state index contributed by atoms with van der Waals surface area (Å²) in [6.45, 7) is 6.20. The quantitative estimate of drug-likeness (QED) is 0.921. The molecule has 1 aromatic rings. The molecular weight excluding hydrogens is 256 g/mol. The summed E-state index contributed by atoms with van der Waals surface area (Å²) in [6, 6.07) is 5.52. The first-order valence-corrected chi connectivity index (χ1v) is 7.04. The molecule has 1 aliphatic rings. The lowest BCUT2D eigenvalue weighted by atomic mass is 9.82. The summed E-state index contributed by atoms with van der Waals surface area (Å²) in [7, 11) is 3.22. The zero-order valence-corrected chi connectivity index (χ0v) is 12.8. The van der Waals surface area contributed by atoms with Crippen molar-refractivity contribution in [3.05, 3.63) is 23.8 Å². The summed E-state index contributed by atoms with van der Waals surface area (Å²) in [5.41, 5.74) is 0.808. The number of methoxy groups -OCH3 is 2. The number of aliphatic hydroxyl groups excluding tert-OH is 1. The van der Waals surface area contributed by atoms with Crippen LogP contribution >= 0.6 is 0 Å². The Kier molecular flexibility index (Phi) is 4.55. The van der Waals surface area contributed by atoms with Crippen LogP contribution in [0, 0.1) is 11.8 Å². The van der Waals surface area contributed by atoms with Crippen molar-refractivity contribution in [1.29, 1.82) is 0 Å². The second-order valence-corrected chi connectivity index (χ2v) is 5.57. The highest BCUT2D eigenvalue weighted by Gasteiger charge is 2.41. The third-order valence-electron chi connectivity index (χ3n) is 4.40. The molecule has 0 amide bonds. The van der Waals surface area contributed by atoms with Gasteiger partial charge in [0.05, 0.1) is 32.5 Å². The fourth-order valence-electron chi connectivity index (χ4n) is 3.06. The molecule has 1 fully saturated rings. The smallest absolute Gasteiger partial charge is 0.122 e. The third-order valence-corrected chi connectivity index (χ3v) is 4.40. The molecule has 20 heavy (non-hydrogen) atoms. The van der Waals surface area contributed by atoms with Crippen LogP contribution in [0.1, 0.15) is 32.4 Å². The van der Waals surface area contributed by atoms with Crippen LogP contribution in [-0.2, 0) is 4.74 Å². The van der Waals surface area contributed by atoms with Gasteiger partial charge in [0.2, 0.25) is 0 Å². The second kappa shape index (κ2) is 6.02. The summed E-state index contributed by atoms with van der Waals surface area (Å²) in [5, 5.41) is 10.7. The molecule has 0 spiro atoms. The number of aliphatic hydroxyl groups is 1. The standard InChI is InChI=1S/C16H24O4/c1-9-10(2)20-11(3)15(9)16(17)12-6-13(18-4)8-14(7-12)19-5/h6-11,15-17H,1-5H3. The minimum Gasteiger partial charge on any atom is -0.497 e. The maximum Gasteiger partial charge on any atom is 0.122 e. The van der Waals surface area contributed by atoms with Crippen LogP contribution in [0.4, 0.5) is 0 Å².